The quantitative estimate of drug-likeness (QED) is 0.821. The van der Waals surface area contributed by atoms with E-state index in [1.54, 1.807) is 11.8 Å². The molecule has 1 aliphatic rings. The Kier molecular flexibility index (Phi) is 3.93. The summed E-state index contributed by atoms with van der Waals surface area (Å²) in [5.74, 6) is 0.494. The third-order valence-electron chi connectivity index (χ3n) is 3.26. The summed E-state index contributed by atoms with van der Waals surface area (Å²) < 4.78 is 27.9. The molecule has 106 valence electrons. The number of carbonyl (C=O) groups excluding carboxylic acids is 1. The van der Waals surface area contributed by atoms with E-state index in [9.17, 15) is 13.2 Å². The van der Waals surface area contributed by atoms with Crippen LogP contribution in [0.15, 0.2) is 4.52 Å². The van der Waals surface area contributed by atoms with E-state index >= 15 is 0 Å². The van der Waals surface area contributed by atoms with Crippen LogP contribution in [0.4, 0.5) is 0 Å². The monoisotopic (exact) mass is 286 g/mol. The molecule has 0 saturated carbocycles. The lowest BCUT2D eigenvalue weighted by atomic mass is 10.1. The maximum absolute atomic E-state index is 12.4. The molecule has 1 aromatic rings. The molecule has 0 atom stereocenters. The normalized spacial score (nSPS) is 18.5. The molecule has 1 amide bonds. The lowest BCUT2D eigenvalue weighted by molar-refractivity contribution is 0.0767. The van der Waals surface area contributed by atoms with Gasteiger partial charge in [-0.15, -0.1) is 0 Å². The molecule has 2 rings (SSSR count). The van der Waals surface area contributed by atoms with Gasteiger partial charge >= 0.3 is 0 Å². The summed E-state index contributed by atoms with van der Waals surface area (Å²) in [6.45, 7) is 4.23. The van der Waals surface area contributed by atoms with Gasteiger partial charge in [0, 0.05) is 19.5 Å². The Balaban J connectivity index is 2.18. The van der Waals surface area contributed by atoms with Crippen LogP contribution in [0.1, 0.15) is 35.2 Å². The Labute approximate surface area is 112 Å². The standard InChI is InChI=1S/C12H18N2O4S/c1-3-4-10-11(9(2)13-18-10)12(15)14-5-7-19(16,17)8-6-14/h3-8H2,1-2H3. The highest BCUT2D eigenvalue weighted by Gasteiger charge is 2.29. The van der Waals surface area contributed by atoms with Crippen LogP contribution < -0.4 is 0 Å². The topological polar surface area (TPSA) is 80.5 Å². The fourth-order valence-corrected chi connectivity index (χ4v) is 3.36. The number of nitrogens with zero attached hydrogens (tertiary/aromatic N) is 2. The SMILES string of the molecule is CCCc1onc(C)c1C(=O)N1CCS(=O)(=O)CC1. The van der Waals surface area contributed by atoms with E-state index in [4.69, 9.17) is 4.52 Å². The molecule has 0 aromatic carbocycles. The van der Waals surface area contributed by atoms with Crippen LogP contribution in [-0.2, 0) is 16.3 Å². The van der Waals surface area contributed by atoms with E-state index in [1.165, 1.54) is 0 Å². The van der Waals surface area contributed by atoms with Crippen LogP contribution in [0.25, 0.3) is 0 Å². The van der Waals surface area contributed by atoms with Crippen molar-refractivity contribution < 1.29 is 17.7 Å². The molecule has 0 N–H and O–H groups in total. The van der Waals surface area contributed by atoms with Crippen LogP contribution in [0.5, 0.6) is 0 Å². The summed E-state index contributed by atoms with van der Waals surface area (Å²) in [5, 5.41) is 3.84. The molecule has 0 bridgehead atoms. The molecule has 1 aromatic heterocycles. The second-order valence-electron chi connectivity index (χ2n) is 4.76. The molecule has 1 fully saturated rings. The van der Waals surface area contributed by atoms with Crippen molar-refractivity contribution in [2.45, 2.75) is 26.7 Å². The van der Waals surface area contributed by atoms with Crippen molar-refractivity contribution in [1.29, 1.82) is 0 Å². The molecular formula is C12H18N2O4S. The van der Waals surface area contributed by atoms with Crippen molar-refractivity contribution in [3.63, 3.8) is 0 Å². The first-order valence-corrected chi connectivity index (χ1v) is 8.21. The highest BCUT2D eigenvalue weighted by Crippen LogP contribution is 2.19. The molecule has 19 heavy (non-hydrogen) atoms. The summed E-state index contributed by atoms with van der Waals surface area (Å²) in [6, 6.07) is 0. The van der Waals surface area contributed by atoms with E-state index in [1.807, 2.05) is 6.92 Å². The minimum Gasteiger partial charge on any atom is -0.360 e. The molecule has 6 nitrogen and oxygen atoms in total. The lowest BCUT2D eigenvalue weighted by Gasteiger charge is -2.26. The summed E-state index contributed by atoms with van der Waals surface area (Å²) in [5.41, 5.74) is 1.07. The predicted octanol–water partition coefficient (Wildman–Crippen LogP) is 0.806. The highest BCUT2D eigenvalue weighted by atomic mass is 32.2. The largest absolute Gasteiger partial charge is 0.360 e. The second-order valence-corrected chi connectivity index (χ2v) is 7.06. The maximum atomic E-state index is 12.4. The zero-order valence-electron chi connectivity index (χ0n) is 11.2. The van der Waals surface area contributed by atoms with Gasteiger partial charge in [0.1, 0.15) is 11.3 Å². The number of rotatable bonds is 3. The zero-order valence-corrected chi connectivity index (χ0v) is 12.0. The Morgan fingerprint density at radius 1 is 1.37 bits per heavy atom. The van der Waals surface area contributed by atoms with E-state index in [0.717, 1.165) is 6.42 Å². The van der Waals surface area contributed by atoms with Gasteiger partial charge < -0.3 is 9.42 Å². The van der Waals surface area contributed by atoms with E-state index in [0.29, 0.717) is 23.4 Å². The van der Waals surface area contributed by atoms with Gasteiger partial charge in [-0.05, 0) is 13.3 Å². The summed E-state index contributed by atoms with van der Waals surface area (Å²) in [6.07, 6.45) is 1.53. The third-order valence-corrected chi connectivity index (χ3v) is 4.87. The minimum absolute atomic E-state index is 0.0339. The number of amides is 1. The molecule has 1 saturated heterocycles. The number of hydrogen-bond acceptors (Lipinski definition) is 5. The average molecular weight is 286 g/mol. The summed E-state index contributed by atoms with van der Waals surface area (Å²) >= 11 is 0. The van der Waals surface area contributed by atoms with Crippen molar-refractivity contribution in [3.05, 3.63) is 17.0 Å². The number of hydrogen-bond donors (Lipinski definition) is 0. The number of carbonyl (C=O) groups is 1. The highest BCUT2D eigenvalue weighted by molar-refractivity contribution is 7.91. The van der Waals surface area contributed by atoms with Gasteiger partial charge in [0.15, 0.2) is 9.84 Å². The minimum atomic E-state index is -2.98. The fourth-order valence-electron chi connectivity index (χ4n) is 2.16. The van der Waals surface area contributed by atoms with Gasteiger partial charge in [0.05, 0.1) is 17.2 Å². The van der Waals surface area contributed by atoms with Gasteiger partial charge in [0.2, 0.25) is 0 Å². The summed E-state index contributed by atoms with van der Waals surface area (Å²) in [4.78, 5) is 14.0. The van der Waals surface area contributed by atoms with Gasteiger partial charge in [-0.1, -0.05) is 12.1 Å². The zero-order chi connectivity index (χ0) is 14.0. The van der Waals surface area contributed by atoms with E-state index < -0.39 is 9.84 Å². The third kappa shape index (κ3) is 2.97. The molecule has 7 heteroatoms. The van der Waals surface area contributed by atoms with Crippen LogP contribution in [0, 0.1) is 6.92 Å². The lowest BCUT2D eigenvalue weighted by Crippen LogP contribution is -2.44. The summed E-state index contributed by atoms with van der Waals surface area (Å²) in [7, 11) is -2.98. The van der Waals surface area contributed by atoms with Gasteiger partial charge in [-0.2, -0.15) is 0 Å². The molecular weight excluding hydrogens is 268 g/mol. The molecule has 1 aliphatic heterocycles. The first-order valence-electron chi connectivity index (χ1n) is 6.39. The van der Waals surface area contributed by atoms with Crippen LogP contribution in [0.2, 0.25) is 0 Å². The first kappa shape index (κ1) is 14.0. The van der Waals surface area contributed by atoms with Crippen molar-refractivity contribution in [1.82, 2.24) is 10.1 Å². The van der Waals surface area contributed by atoms with Crippen molar-refractivity contribution in [3.8, 4) is 0 Å². The van der Waals surface area contributed by atoms with Crippen LogP contribution >= 0.6 is 0 Å². The number of aromatic nitrogens is 1. The molecule has 0 aliphatic carbocycles. The predicted molar refractivity (Wildman–Crippen MR) is 69.8 cm³/mol. The Hall–Kier alpha value is -1.37. The Morgan fingerprint density at radius 2 is 2.00 bits per heavy atom. The fraction of sp³-hybridized carbons (Fsp3) is 0.667. The van der Waals surface area contributed by atoms with Gasteiger partial charge in [0.25, 0.3) is 5.91 Å². The van der Waals surface area contributed by atoms with Crippen molar-refractivity contribution >= 4 is 15.7 Å². The second kappa shape index (κ2) is 5.32. The molecule has 2 heterocycles. The molecule has 0 unspecified atom stereocenters. The van der Waals surface area contributed by atoms with Crippen molar-refractivity contribution in [2.24, 2.45) is 0 Å². The van der Waals surface area contributed by atoms with E-state index in [2.05, 4.69) is 5.16 Å². The van der Waals surface area contributed by atoms with Crippen LogP contribution in [0.3, 0.4) is 0 Å². The van der Waals surface area contributed by atoms with E-state index in [-0.39, 0.29) is 30.5 Å². The average Bonchev–Trinajstić information content (AvgIpc) is 2.70. The Morgan fingerprint density at radius 3 is 2.58 bits per heavy atom. The van der Waals surface area contributed by atoms with Crippen molar-refractivity contribution in [2.75, 3.05) is 24.6 Å². The smallest absolute Gasteiger partial charge is 0.259 e. The van der Waals surface area contributed by atoms with Gasteiger partial charge in [-0.25, -0.2) is 8.42 Å². The number of sulfone groups is 1. The number of aryl methyl sites for hydroxylation is 2. The Bertz CT molecular complexity index is 563. The maximum Gasteiger partial charge on any atom is 0.259 e. The first-order chi connectivity index (χ1) is 8.94. The van der Waals surface area contributed by atoms with Crippen LogP contribution in [-0.4, -0.2) is 49.0 Å². The van der Waals surface area contributed by atoms with Gasteiger partial charge in [-0.3, -0.25) is 4.79 Å². The molecule has 0 spiro atoms. The molecule has 0 radical (unpaired) electrons.